The molecule has 0 amide bonds. The molecule has 0 fully saturated rings. The van der Waals surface area contributed by atoms with Crippen LogP contribution in [0.3, 0.4) is 0 Å². The van der Waals surface area contributed by atoms with Crippen molar-refractivity contribution in [3.8, 4) is 43.8 Å². The van der Waals surface area contributed by atoms with E-state index in [1.165, 1.54) is 51.2 Å². The summed E-state index contributed by atoms with van der Waals surface area (Å²) in [6.07, 6.45) is 3.78. The number of hydrogen-bond acceptors (Lipinski definition) is 12. The monoisotopic (exact) mass is 1210 g/mol. The first-order chi connectivity index (χ1) is 41.9. The van der Waals surface area contributed by atoms with E-state index in [0.29, 0.717) is 44.5 Å². The number of fused-ring (bicyclic) bond motifs is 15. The Morgan fingerprint density at radius 1 is 0.372 bits per heavy atom. The van der Waals surface area contributed by atoms with Gasteiger partial charge in [-0.1, -0.05) is 168 Å². The van der Waals surface area contributed by atoms with E-state index in [0.717, 1.165) is 73.1 Å². The van der Waals surface area contributed by atoms with Crippen LogP contribution in [-0.2, 0) is 10.8 Å². The lowest BCUT2D eigenvalue weighted by Gasteiger charge is -2.34. The molecule has 12 heteroatoms. The molecule has 0 saturated carbocycles. The van der Waals surface area contributed by atoms with Gasteiger partial charge in [0.1, 0.15) is 35.4 Å². The van der Waals surface area contributed by atoms with Crippen LogP contribution < -0.4 is 0 Å². The standard InChI is InChI=1S/C74H40N4O2S6/c1-37-13-21-43(22-14-37)73(44-23-15-38(2)16-24-44)59-65-55(31-47(81-65)29-53-57(41(33-75)34-76)49-9-5-7-11-51(49)63(53)79)83-67(59)69-61(73)71-72(85-69)62-70(86-71)68-60(74(62,45-25-17-39(3)18-26-45)46-27-19-40(4)20-28-46)66-56(84-68)32-48(82-66)30-54-58(42(35-77)36-78)50-10-6-8-12-52(50)64(54)80/h5-32H,1-4H3/b53-29-,54-30-. The maximum Gasteiger partial charge on any atom is 0.194 e. The third kappa shape index (κ3) is 6.97. The van der Waals surface area contributed by atoms with Crippen molar-refractivity contribution < 1.29 is 9.59 Å². The highest BCUT2D eigenvalue weighted by molar-refractivity contribution is 7.37. The predicted molar refractivity (Wildman–Crippen MR) is 354 cm³/mol. The molecule has 12 aromatic rings. The van der Waals surface area contributed by atoms with Crippen LogP contribution >= 0.6 is 68.0 Å². The molecule has 0 atom stereocenters. The number of hydrogen-bond donors (Lipinski definition) is 0. The Labute approximate surface area is 518 Å². The second-order valence-electron chi connectivity index (χ2n) is 22.3. The average Bonchev–Trinajstić information content (AvgIpc) is 1.48. The normalized spacial score (nSPS) is 15.6. The Bertz CT molecular complexity index is 4940. The Morgan fingerprint density at radius 3 is 0.977 bits per heavy atom. The molecule has 6 nitrogen and oxygen atoms in total. The zero-order valence-electron chi connectivity index (χ0n) is 46.2. The molecular formula is C74H40N4O2S6. The lowest BCUT2D eigenvalue weighted by molar-refractivity contribution is 0.103. The fraction of sp³-hybridized carbons (Fsp3) is 0.0811. The van der Waals surface area contributed by atoms with Crippen molar-refractivity contribution in [1.29, 1.82) is 21.0 Å². The van der Waals surface area contributed by atoms with Gasteiger partial charge in [-0.25, -0.2) is 0 Å². The number of benzene rings is 6. The Balaban J connectivity index is 0.977. The fourth-order valence-electron chi connectivity index (χ4n) is 13.8. The zero-order chi connectivity index (χ0) is 58.7. The summed E-state index contributed by atoms with van der Waals surface area (Å²) in [6, 6.07) is 63.5. The smallest absolute Gasteiger partial charge is 0.194 e. The summed E-state index contributed by atoms with van der Waals surface area (Å²) in [5.74, 6) is -0.401. The number of aryl methyl sites for hydroxylation is 4. The van der Waals surface area contributed by atoms with E-state index >= 15 is 0 Å². The highest BCUT2D eigenvalue weighted by atomic mass is 32.1. The van der Waals surface area contributed by atoms with E-state index in [1.807, 2.05) is 71.2 Å². The molecule has 0 spiro atoms. The van der Waals surface area contributed by atoms with Gasteiger partial charge in [0.15, 0.2) is 11.6 Å². The van der Waals surface area contributed by atoms with E-state index in [4.69, 9.17) is 0 Å². The largest absolute Gasteiger partial charge is 0.289 e. The van der Waals surface area contributed by atoms with Crippen LogP contribution in [0.25, 0.3) is 71.0 Å². The van der Waals surface area contributed by atoms with Gasteiger partial charge in [0.05, 0.1) is 49.1 Å². The van der Waals surface area contributed by atoms with Gasteiger partial charge in [-0.05, 0) is 85.4 Å². The number of thiophene rings is 6. The lowest BCUT2D eigenvalue weighted by Crippen LogP contribution is -2.29. The molecule has 404 valence electrons. The minimum absolute atomic E-state index is 0.0860. The first-order valence-electron chi connectivity index (χ1n) is 27.8. The summed E-state index contributed by atoms with van der Waals surface area (Å²) in [4.78, 5) is 35.3. The van der Waals surface area contributed by atoms with Crippen LogP contribution in [0.15, 0.2) is 180 Å². The molecule has 0 saturated heterocycles. The number of nitriles is 4. The van der Waals surface area contributed by atoms with Crippen molar-refractivity contribution in [3.63, 3.8) is 0 Å². The molecule has 0 bridgehead atoms. The first kappa shape index (κ1) is 52.1. The molecule has 6 aromatic heterocycles. The number of nitrogens with zero attached hydrogens (tertiary/aromatic N) is 4. The quantitative estimate of drug-likeness (QED) is 0.120. The van der Waals surface area contributed by atoms with Gasteiger partial charge in [0.2, 0.25) is 0 Å². The molecule has 0 unspecified atom stereocenters. The minimum Gasteiger partial charge on any atom is -0.289 e. The molecular weight excluding hydrogens is 1170 g/mol. The summed E-state index contributed by atoms with van der Waals surface area (Å²) in [7, 11) is 0. The SMILES string of the molecule is Cc1ccc(C2(c3ccc(C)cc3)c3c(sc4cc(/C=C5\C(=O)c6ccccc6C5=C(C#N)C#N)sc34)-c3sc4c5c(sc4c32)-c2sc3cc(/C=C4\C(=O)c6ccccc6C4=C(C#N)C#N)sc3c2C5(c2ccc(C)cc2)c2ccc(C)cc2)cc1. The zero-order valence-corrected chi connectivity index (χ0v) is 51.1. The average molecular weight is 1210 g/mol. The molecule has 0 radical (unpaired) electrons. The predicted octanol–water partition coefficient (Wildman–Crippen LogP) is 19.6. The van der Waals surface area contributed by atoms with Gasteiger partial charge in [-0.3, -0.25) is 9.59 Å². The van der Waals surface area contributed by atoms with Crippen molar-refractivity contribution in [3.05, 3.63) is 279 Å². The van der Waals surface area contributed by atoms with Crippen molar-refractivity contribution in [2.75, 3.05) is 0 Å². The van der Waals surface area contributed by atoms with E-state index < -0.39 is 10.8 Å². The molecule has 0 aliphatic heterocycles. The van der Waals surface area contributed by atoms with Gasteiger partial charge in [-0.15, -0.1) is 68.0 Å². The van der Waals surface area contributed by atoms with Crippen molar-refractivity contribution >= 4 is 131 Å². The number of Topliss-reactive ketones (excluding diaryl/α,β-unsaturated/α-hetero) is 2. The van der Waals surface area contributed by atoms with Gasteiger partial charge in [0, 0.05) is 74.8 Å². The molecule has 4 aliphatic carbocycles. The Kier molecular flexibility index (Phi) is 11.5. The fourth-order valence-corrected chi connectivity index (χ4v) is 22.6. The Hall–Kier alpha value is -9.44. The highest BCUT2D eigenvalue weighted by Gasteiger charge is 2.56. The van der Waals surface area contributed by atoms with Crippen LogP contribution in [-0.4, -0.2) is 11.6 Å². The Morgan fingerprint density at radius 2 is 0.663 bits per heavy atom. The second kappa shape index (κ2) is 19.0. The third-order valence-corrected chi connectivity index (χ3v) is 25.2. The van der Waals surface area contributed by atoms with Gasteiger partial charge in [-0.2, -0.15) is 21.0 Å². The third-order valence-electron chi connectivity index (χ3n) is 17.6. The minimum atomic E-state index is -0.783. The molecule has 4 aliphatic rings. The van der Waals surface area contributed by atoms with Gasteiger partial charge >= 0.3 is 0 Å². The van der Waals surface area contributed by atoms with Crippen molar-refractivity contribution in [1.82, 2.24) is 0 Å². The van der Waals surface area contributed by atoms with E-state index in [9.17, 15) is 30.6 Å². The number of allylic oxidation sites excluding steroid dienone is 6. The summed E-state index contributed by atoms with van der Waals surface area (Å²) in [5, 5.41) is 40.9. The maximum absolute atomic E-state index is 14.3. The molecule has 6 heterocycles. The van der Waals surface area contributed by atoms with Crippen LogP contribution in [0.1, 0.15) is 108 Å². The van der Waals surface area contributed by atoms with E-state index in [2.05, 4.69) is 161 Å². The number of ketones is 2. The van der Waals surface area contributed by atoms with Crippen molar-refractivity contribution in [2.24, 2.45) is 0 Å². The van der Waals surface area contributed by atoms with E-state index in [-0.39, 0.29) is 22.7 Å². The van der Waals surface area contributed by atoms with Crippen LogP contribution in [0.2, 0.25) is 0 Å². The molecule has 16 rings (SSSR count). The van der Waals surface area contributed by atoms with Crippen LogP contribution in [0, 0.1) is 73.0 Å². The van der Waals surface area contributed by atoms with Gasteiger partial charge in [0.25, 0.3) is 0 Å². The lowest BCUT2D eigenvalue weighted by atomic mass is 9.67. The molecule has 0 N–H and O–H groups in total. The van der Waals surface area contributed by atoms with Crippen LogP contribution in [0.5, 0.6) is 0 Å². The summed E-state index contributed by atoms with van der Waals surface area (Å²) in [5.41, 5.74) is 16.2. The van der Waals surface area contributed by atoms with E-state index in [1.54, 1.807) is 57.5 Å². The molecule has 86 heavy (non-hydrogen) atoms. The highest BCUT2D eigenvalue weighted by Crippen LogP contribution is 2.72. The molecule has 6 aromatic carbocycles. The van der Waals surface area contributed by atoms with Gasteiger partial charge < -0.3 is 0 Å². The summed E-state index contributed by atoms with van der Waals surface area (Å²) < 4.78 is 6.96. The maximum atomic E-state index is 14.3. The summed E-state index contributed by atoms with van der Waals surface area (Å²) in [6.45, 7) is 8.55. The number of rotatable bonds is 6. The summed E-state index contributed by atoms with van der Waals surface area (Å²) >= 11 is 10.7. The second-order valence-corrected chi connectivity index (χ2v) is 28.7. The van der Waals surface area contributed by atoms with Crippen LogP contribution in [0.4, 0.5) is 0 Å². The first-order valence-corrected chi connectivity index (χ1v) is 32.7. The number of carbonyl (C=O) groups is 2. The topological polar surface area (TPSA) is 129 Å². The number of carbonyl (C=O) groups excluding carboxylic acids is 2. The van der Waals surface area contributed by atoms with Crippen molar-refractivity contribution in [2.45, 2.75) is 38.5 Å².